The summed E-state index contributed by atoms with van der Waals surface area (Å²) in [6.07, 6.45) is 3.66. The lowest BCUT2D eigenvalue weighted by molar-refractivity contribution is -0.143. The Labute approximate surface area is 151 Å². The molecule has 6 nitrogen and oxygen atoms in total. The molecule has 1 aromatic carbocycles. The van der Waals surface area contributed by atoms with Gasteiger partial charge in [-0.1, -0.05) is 6.07 Å². The zero-order valence-corrected chi connectivity index (χ0v) is 15.2. The maximum absolute atomic E-state index is 12.6. The summed E-state index contributed by atoms with van der Waals surface area (Å²) in [5, 5.41) is 2.86. The highest BCUT2D eigenvalue weighted by Crippen LogP contribution is 2.19. The summed E-state index contributed by atoms with van der Waals surface area (Å²) >= 11 is 1.60. The number of hydrogen-bond donors (Lipinski definition) is 1. The summed E-state index contributed by atoms with van der Waals surface area (Å²) in [4.78, 5) is 26.8. The van der Waals surface area contributed by atoms with E-state index in [1.54, 1.807) is 37.1 Å². The molecule has 1 N–H and O–H groups in total. The van der Waals surface area contributed by atoms with E-state index in [0.29, 0.717) is 18.1 Å². The predicted octanol–water partition coefficient (Wildman–Crippen LogP) is 3.99. The van der Waals surface area contributed by atoms with Gasteiger partial charge in [0.2, 0.25) is 0 Å². The van der Waals surface area contributed by atoms with Crippen LogP contribution in [-0.2, 0) is 16.1 Å². The largest absolute Gasteiger partial charge is 0.467 e. The standard InChI is InChI=1S/C18H22N2O4S/c1-3-23-17(21)9-10-20(13-15-7-5-11-24-15)18(22)19-14-6-4-8-16(12-14)25-2/h4-8,11-12H,3,9-10,13H2,1-2H3,(H,19,22). The molecule has 0 radical (unpaired) electrons. The predicted molar refractivity (Wildman–Crippen MR) is 97.6 cm³/mol. The Morgan fingerprint density at radius 1 is 1.28 bits per heavy atom. The number of ether oxygens (including phenoxy) is 1. The van der Waals surface area contributed by atoms with Gasteiger partial charge in [-0.25, -0.2) is 4.79 Å². The lowest BCUT2D eigenvalue weighted by Crippen LogP contribution is -2.36. The molecule has 0 aliphatic rings. The van der Waals surface area contributed by atoms with Crippen molar-refractivity contribution >= 4 is 29.4 Å². The van der Waals surface area contributed by atoms with E-state index in [4.69, 9.17) is 9.15 Å². The summed E-state index contributed by atoms with van der Waals surface area (Å²) in [6, 6.07) is 10.8. The first kappa shape index (κ1) is 18.9. The van der Waals surface area contributed by atoms with E-state index in [9.17, 15) is 9.59 Å². The number of benzene rings is 1. The van der Waals surface area contributed by atoms with Crippen molar-refractivity contribution in [2.24, 2.45) is 0 Å². The molecule has 2 rings (SSSR count). The number of rotatable bonds is 8. The maximum Gasteiger partial charge on any atom is 0.322 e. The van der Waals surface area contributed by atoms with Gasteiger partial charge in [0.05, 0.1) is 25.8 Å². The molecule has 7 heteroatoms. The van der Waals surface area contributed by atoms with Crippen LogP contribution >= 0.6 is 11.8 Å². The van der Waals surface area contributed by atoms with Gasteiger partial charge in [-0.15, -0.1) is 11.8 Å². The number of nitrogens with zero attached hydrogens (tertiary/aromatic N) is 1. The number of amides is 2. The molecule has 2 aromatic rings. The summed E-state index contributed by atoms with van der Waals surface area (Å²) in [6.45, 7) is 2.60. The molecule has 0 saturated heterocycles. The van der Waals surface area contributed by atoms with Crippen molar-refractivity contribution in [1.29, 1.82) is 0 Å². The number of esters is 1. The van der Waals surface area contributed by atoms with Gasteiger partial charge in [-0.3, -0.25) is 4.79 Å². The van der Waals surface area contributed by atoms with Crippen LogP contribution in [0.15, 0.2) is 52.0 Å². The average molecular weight is 362 g/mol. The third kappa shape index (κ3) is 6.19. The normalized spacial score (nSPS) is 10.3. The third-order valence-electron chi connectivity index (χ3n) is 3.43. The number of nitrogens with one attached hydrogen (secondary N) is 1. The minimum Gasteiger partial charge on any atom is -0.467 e. The zero-order valence-electron chi connectivity index (χ0n) is 14.4. The number of furan rings is 1. The summed E-state index contributed by atoms with van der Waals surface area (Å²) in [5.41, 5.74) is 0.706. The second-order valence-electron chi connectivity index (χ2n) is 5.22. The van der Waals surface area contributed by atoms with E-state index in [0.717, 1.165) is 4.90 Å². The first-order valence-corrected chi connectivity index (χ1v) is 9.22. The number of hydrogen-bond acceptors (Lipinski definition) is 5. The molecule has 0 bridgehead atoms. The Morgan fingerprint density at radius 3 is 2.80 bits per heavy atom. The third-order valence-corrected chi connectivity index (χ3v) is 4.15. The first-order chi connectivity index (χ1) is 12.1. The van der Waals surface area contributed by atoms with Gasteiger partial charge in [0.25, 0.3) is 0 Å². The fraction of sp³-hybridized carbons (Fsp3) is 0.333. The second-order valence-corrected chi connectivity index (χ2v) is 6.10. The summed E-state index contributed by atoms with van der Waals surface area (Å²) in [5.74, 6) is 0.320. The van der Waals surface area contributed by atoms with Crippen LogP contribution in [0.2, 0.25) is 0 Å². The molecular formula is C18H22N2O4S. The van der Waals surface area contributed by atoms with Gasteiger partial charge in [-0.2, -0.15) is 0 Å². The van der Waals surface area contributed by atoms with E-state index in [1.165, 1.54) is 4.90 Å². The number of carbonyl (C=O) groups excluding carboxylic acids is 2. The Morgan fingerprint density at radius 2 is 2.12 bits per heavy atom. The number of urea groups is 1. The average Bonchev–Trinajstić information content (AvgIpc) is 3.12. The van der Waals surface area contributed by atoms with E-state index in [1.807, 2.05) is 30.5 Å². The van der Waals surface area contributed by atoms with Gasteiger partial charge in [-0.05, 0) is 43.5 Å². The molecule has 0 fully saturated rings. The van der Waals surface area contributed by atoms with Gasteiger partial charge < -0.3 is 19.4 Å². The molecular weight excluding hydrogens is 340 g/mol. The number of carbonyl (C=O) groups is 2. The minimum atomic E-state index is -0.330. The molecule has 0 unspecified atom stereocenters. The molecule has 25 heavy (non-hydrogen) atoms. The van der Waals surface area contributed by atoms with E-state index >= 15 is 0 Å². The molecule has 0 aliphatic carbocycles. The molecule has 0 saturated carbocycles. The Kier molecular flexibility index (Phi) is 7.40. The van der Waals surface area contributed by atoms with Crippen LogP contribution < -0.4 is 5.32 Å². The van der Waals surface area contributed by atoms with Crippen molar-refractivity contribution in [2.75, 3.05) is 24.7 Å². The Hall–Kier alpha value is -2.41. The molecule has 0 aliphatic heterocycles. The quantitative estimate of drug-likeness (QED) is 0.568. The molecule has 1 aromatic heterocycles. The van der Waals surface area contributed by atoms with E-state index in [-0.39, 0.29) is 31.5 Å². The molecule has 134 valence electrons. The van der Waals surface area contributed by atoms with Crippen LogP contribution in [0.5, 0.6) is 0 Å². The highest BCUT2D eigenvalue weighted by Gasteiger charge is 2.17. The fourth-order valence-electron chi connectivity index (χ4n) is 2.21. The van der Waals surface area contributed by atoms with Crippen LogP contribution in [0, 0.1) is 0 Å². The van der Waals surface area contributed by atoms with Crippen molar-refractivity contribution in [1.82, 2.24) is 4.90 Å². The topological polar surface area (TPSA) is 71.8 Å². The maximum atomic E-state index is 12.6. The zero-order chi connectivity index (χ0) is 18.1. The van der Waals surface area contributed by atoms with Crippen LogP contribution in [0.3, 0.4) is 0 Å². The summed E-state index contributed by atoms with van der Waals surface area (Å²) < 4.78 is 10.2. The van der Waals surface area contributed by atoms with Crippen LogP contribution in [0.25, 0.3) is 0 Å². The first-order valence-electron chi connectivity index (χ1n) is 8.00. The van der Waals surface area contributed by atoms with Gasteiger partial charge in [0, 0.05) is 17.1 Å². The van der Waals surface area contributed by atoms with Gasteiger partial charge in [0.15, 0.2) is 0 Å². The SMILES string of the molecule is CCOC(=O)CCN(Cc1ccco1)C(=O)Nc1cccc(SC)c1. The highest BCUT2D eigenvalue weighted by molar-refractivity contribution is 7.98. The highest BCUT2D eigenvalue weighted by atomic mass is 32.2. The van der Waals surface area contributed by atoms with Gasteiger partial charge >= 0.3 is 12.0 Å². The molecule has 2 amide bonds. The van der Waals surface area contributed by atoms with Crippen molar-refractivity contribution in [2.45, 2.75) is 24.8 Å². The van der Waals surface area contributed by atoms with Gasteiger partial charge in [0.1, 0.15) is 5.76 Å². The van der Waals surface area contributed by atoms with Crippen LogP contribution in [-0.4, -0.2) is 36.3 Å². The molecule has 0 atom stereocenters. The van der Waals surface area contributed by atoms with Crippen molar-refractivity contribution in [3.05, 3.63) is 48.4 Å². The second kappa shape index (κ2) is 9.78. The van der Waals surface area contributed by atoms with Crippen molar-refractivity contribution < 1.29 is 18.7 Å². The molecule has 0 spiro atoms. The Bertz CT molecular complexity index is 688. The smallest absolute Gasteiger partial charge is 0.322 e. The van der Waals surface area contributed by atoms with Crippen molar-refractivity contribution in [3.63, 3.8) is 0 Å². The lowest BCUT2D eigenvalue weighted by atomic mass is 10.3. The number of thioether (sulfide) groups is 1. The van der Waals surface area contributed by atoms with Crippen LogP contribution in [0.4, 0.5) is 10.5 Å². The van der Waals surface area contributed by atoms with E-state index in [2.05, 4.69) is 5.32 Å². The lowest BCUT2D eigenvalue weighted by Gasteiger charge is -2.22. The number of anilines is 1. The molecule has 1 heterocycles. The summed E-state index contributed by atoms with van der Waals surface area (Å²) in [7, 11) is 0. The van der Waals surface area contributed by atoms with Crippen LogP contribution in [0.1, 0.15) is 19.1 Å². The minimum absolute atomic E-state index is 0.132. The van der Waals surface area contributed by atoms with Crippen molar-refractivity contribution in [3.8, 4) is 0 Å². The fourth-order valence-corrected chi connectivity index (χ4v) is 2.67. The monoisotopic (exact) mass is 362 g/mol. The van der Waals surface area contributed by atoms with E-state index < -0.39 is 0 Å². The Balaban J connectivity index is 2.03.